The van der Waals surface area contributed by atoms with Gasteiger partial charge < -0.3 is 9.64 Å². The lowest BCUT2D eigenvalue weighted by Crippen LogP contribution is -2.43. The van der Waals surface area contributed by atoms with E-state index in [1.54, 1.807) is 41.2 Å². The maximum Gasteiger partial charge on any atom is 0.322 e. The molecule has 0 radical (unpaired) electrons. The maximum absolute atomic E-state index is 13.1. The molecule has 4 aromatic rings. The molecule has 1 N–H and O–H groups in total. The van der Waals surface area contributed by atoms with Crippen LogP contribution in [-0.4, -0.2) is 38.4 Å². The summed E-state index contributed by atoms with van der Waals surface area (Å²) in [6.07, 6.45) is 7.94. The third-order valence-corrected chi connectivity index (χ3v) is 5.82. The number of nitrogens with zero attached hydrogens (tertiary/aromatic N) is 4. The summed E-state index contributed by atoms with van der Waals surface area (Å²) >= 11 is 0. The largest absolute Gasteiger partial charge is 0.457 e. The molecule has 8 heteroatoms. The van der Waals surface area contributed by atoms with Crippen LogP contribution in [0.2, 0.25) is 0 Å². The van der Waals surface area contributed by atoms with Crippen molar-refractivity contribution in [2.75, 3.05) is 18.4 Å². The number of piperidine rings is 1. The van der Waals surface area contributed by atoms with Gasteiger partial charge in [0.05, 0.1) is 0 Å². The number of halogens is 1. The first kappa shape index (κ1) is 20.9. The molecule has 1 unspecified atom stereocenters. The first-order chi connectivity index (χ1) is 16.1. The van der Waals surface area contributed by atoms with Crippen LogP contribution >= 0.6 is 0 Å². The van der Waals surface area contributed by atoms with Crippen molar-refractivity contribution < 1.29 is 13.9 Å². The fourth-order valence-corrected chi connectivity index (χ4v) is 4.25. The zero-order chi connectivity index (χ0) is 22.6. The van der Waals surface area contributed by atoms with E-state index in [0.717, 1.165) is 31.4 Å². The molecular weight excluding hydrogens is 421 g/mol. The predicted octanol–water partition coefficient (Wildman–Crippen LogP) is 5.15. The van der Waals surface area contributed by atoms with Gasteiger partial charge in [0.1, 0.15) is 23.1 Å². The molecule has 5 rings (SSSR count). The molecule has 33 heavy (non-hydrogen) atoms. The number of benzene rings is 2. The van der Waals surface area contributed by atoms with Gasteiger partial charge >= 0.3 is 6.03 Å². The number of fused-ring (bicyclic) bond motifs is 1. The van der Waals surface area contributed by atoms with E-state index in [1.807, 2.05) is 23.1 Å². The number of nitrogens with one attached hydrogen (secondary N) is 1. The van der Waals surface area contributed by atoms with Crippen LogP contribution in [0.15, 0.2) is 73.2 Å². The molecule has 2 amide bonds. The molecular formula is C25H24FN5O2. The van der Waals surface area contributed by atoms with Gasteiger partial charge in [-0.1, -0.05) is 12.1 Å². The Hall–Kier alpha value is -3.94. The van der Waals surface area contributed by atoms with Crippen molar-refractivity contribution in [2.24, 2.45) is 5.92 Å². The van der Waals surface area contributed by atoms with Gasteiger partial charge in [-0.05, 0) is 73.2 Å². The number of aromatic nitrogens is 3. The molecule has 1 atom stereocenters. The number of urea groups is 1. The quantitative estimate of drug-likeness (QED) is 0.461. The number of carbonyl (C=O) groups excluding carboxylic acids is 1. The number of likely N-dealkylation sites (tertiary alicyclic amines) is 1. The third kappa shape index (κ3) is 4.95. The standard InChI is InChI=1S/C25H24FN5O2/c26-20-6-8-21(9-7-20)33-22-5-1-3-18(16-22)15-19-4-2-13-30(17-19)25(32)29-23-10-11-27-24-28-12-14-31(23)24/h1,3,5-12,14,16,19H,2,4,13,15,17H2,(H,29,32). The molecule has 168 valence electrons. The fourth-order valence-electron chi connectivity index (χ4n) is 4.25. The lowest BCUT2D eigenvalue weighted by Gasteiger charge is -2.33. The first-order valence-electron chi connectivity index (χ1n) is 11.0. The van der Waals surface area contributed by atoms with Crippen LogP contribution in [0.1, 0.15) is 18.4 Å². The Labute approximate surface area is 190 Å². The second kappa shape index (κ2) is 9.28. The summed E-state index contributed by atoms with van der Waals surface area (Å²) in [5.41, 5.74) is 1.15. The Morgan fingerprint density at radius 2 is 1.94 bits per heavy atom. The lowest BCUT2D eigenvalue weighted by molar-refractivity contribution is 0.177. The van der Waals surface area contributed by atoms with Crippen molar-refractivity contribution in [3.8, 4) is 11.5 Å². The molecule has 0 saturated carbocycles. The first-order valence-corrected chi connectivity index (χ1v) is 11.0. The van der Waals surface area contributed by atoms with Crippen molar-refractivity contribution in [1.29, 1.82) is 0 Å². The van der Waals surface area contributed by atoms with E-state index in [-0.39, 0.29) is 11.8 Å². The number of hydrogen-bond donors (Lipinski definition) is 1. The van der Waals surface area contributed by atoms with E-state index in [4.69, 9.17) is 4.74 Å². The SMILES string of the molecule is O=C(Nc1ccnc2nccn12)N1CCCC(Cc2cccc(Oc3ccc(F)cc3)c2)C1. The lowest BCUT2D eigenvalue weighted by atomic mass is 9.91. The summed E-state index contributed by atoms with van der Waals surface area (Å²) in [6.45, 7) is 1.42. The van der Waals surface area contributed by atoms with E-state index in [2.05, 4.69) is 21.4 Å². The van der Waals surface area contributed by atoms with E-state index >= 15 is 0 Å². The highest BCUT2D eigenvalue weighted by Gasteiger charge is 2.24. The van der Waals surface area contributed by atoms with Crippen LogP contribution < -0.4 is 10.1 Å². The molecule has 0 aliphatic carbocycles. The van der Waals surface area contributed by atoms with Crippen LogP contribution in [0, 0.1) is 11.7 Å². The number of amides is 2. The Morgan fingerprint density at radius 3 is 2.82 bits per heavy atom. The Bertz CT molecular complexity index is 1260. The number of anilines is 1. The Morgan fingerprint density at radius 1 is 1.09 bits per heavy atom. The van der Waals surface area contributed by atoms with Crippen LogP contribution in [0.3, 0.4) is 0 Å². The Kier molecular flexibility index (Phi) is 5.89. The monoisotopic (exact) mass is 445 g/mol. The molecule has 1 aliphatic rings. The molecule has 1 saturated heterocycles. The molecule has 3 heterocycles. The van der Waals surface area contributed by atoms with E-state index < -0.39 is 0 Å². The number of imidazole rings is 1. The summed E-state index contributed by atoms with van der Waals surface area (Å²) in [6, 6.07) is 15.6. The van der Waals surface area contributed by atoms with Gasteiger partial charge in [-0.3, -0.25) is 9.72 Å². The van der Waals surface area contributed by atoms with Gasteiger partial charge in [0, 0.05) is 31.7 Å². The van der Waals surface area contributed by atoms with E-state index in [9.17, 15) is 9.18 Å². The average molecular weight is 445 g/mol. The summed E-state index contributed by atoms with van der Waals surface area (Å²) in [5, 5.41) is 2.99. The minimum Gasteiger partial charge on any atom is -0.457 e. The topological polar surface area (TPSA) is 71.8 Å². The van der Waals surface area contributed by atoms with Gasteiger partial charge in [0.15, 0.2) is 0 Å². The minimum atomic E-state index is -0.291. The summed E-state index contributed by atoms with van der Waals surface area (Å²) < 4.78 is 20.7. The zero-order valence-corrected chi connectivity index (χ0v) is 18.0. The predicted molar refractivity (Wildman–Crippen MR) is 123 cm³/mol. The van der Waals surface area contributed by atoms with E-state index in [0.29, 0.717) is 35.6 Å². The van der Waals surface area contributed by atoms with Gasteiger partial charge in [-0.25, -0.2) is 19.2 Å². The third-order valence-electron chi connectivity index (χ3n) is 5.82. The summed E-state index contributed by atoms with van der Waals surface area (Å²) in [4.78, 5) is 23.1. The smallest absolute Gasteiger partial charge is 0.322 e. The van der Waals surface area contributed by atoms with Gasteiger partial charge in [0.25, 0.3) is 0 Å². The number of ether oxygens (including phenoxy) is 1. The number of carbonyl (C=O) groups is 1. The van der Waals surface area contributed by atoms with Gasteiger partial charge in [0.2, 0.25) is 5.78 Å². The summed E-state index contributed by atoms with van der Waals surface area (Å²) in [5.74, 6) is 2.57. The minimum absolute atomic E-state index is 0.116. The second-order valence-electron chi connectivity index (χ2n) is 8.22. The Balaban J connectivity index is 1.21. The van der Waals surface area contributed by atoms with Crippen molar-refractivity contribution >= 4 is 17.6 Å². The fraction of sp³-hybridized carbons (Fsp3) is 0.240. The van der Waals surface area contributed by atoms with Crippen molar-refractivity contribution in [3.05, 3.63) is 84.6 Å². The van der Waals surface area contributed by atoms with E-state index in [1.165, 1.54) is 12.1 Å². The highest BCUT2D eigenvalue weighted by atomic mass is 19.1. The van der Waals surface area contributed by atoms with Crippen molar-refractivity contribution in [3.63, 3.8) is 0 Å². The number of rotatable bonds is 5. The van der Waals surface area contributed by atoms with Crippen molar-refractivity contribution in [2.45, 2.75) is 19.3 Å². The average Bonchev–Trinajstić information content (AvgIpc) is 3.31. The highest BCUT2D eigenvalue weighted by molar-refractivity contribution is 5.88. The highest BCUT2D eigenvalue weighted by Crippen LogP contribution is 2.26. The van der Waals surface area contributed by atoms with Crippen LogP contribution in [-0.2, 0) is 6.42 Å². The zero-order valence-electron chi connectivity index (χ0n) is 18.0. The summed E-state index contributed by atoms with van der Waals surface area (Å²) in [7, 11) is 0. The van der Waals surface area contributed by atoms with Crippen molar-refractivity contribution in [1.82, 2.24) is 19.3 Å². The maximum atomic E-state index is 13.1. The van der Waals surface area contributed by atoms with Gasteiger partial charge in [-0.15, -0.1) is 0 Å². The molecule has 1 aliphatic heterocycles. The van der Waals surface area contributed by atoms with Crippen LogP contribution in [0.5, 0.6) is 11.5 Å². The van der Waals surface area contributed by atoms with Crippen LogP contribution in [0.4, 0.5) is 15.0 Å². The van der Waals surface area contributed by atoms with Crippen LogP contribution in [0.25, 0.3) is 5.78 Å². The molecule has 1 fully saturated rings. The molecule has 2 aromatic heterocycles. The number of hydrogen-bond acceptors (Lipinski definition) is 4. The molecule has 0 bridgehead atoms. The normalized spacial score (nSPS) is 16.0. The molecule has 2 aromatic carbocycles. The molecule has 7 nitrogen and oxygen atoms in total. The second-order valence-corrected chi connectivity index (χ2v) is 8.22. The van der Waals surface area contributed by atoms with Gasteiger partial charge in [-0.2, -0.15) is 0 Å². The molecule has 0 spiro atoms.